The number of aryl methyl sites for hydroxylation is 1. The van der Waals surface area contributed by atoms with Crippen molar-refractivity contribution in [2.24, 2.45) is 0 Å². The summed E-state index contributed by atoms with van der Waals surface area (Å²) in [6.07, 6.45) is 3.81. The molecule has 1 aromatic carbocycles. The molecule has 0 aliphatic carbocycles. The largest absolute Gasteiger partial charge is 0.349 e. The first kappa shape index (κ1) is 21.9. The minimum absolute atomic E-state index is 0.0190. The van der Waals surface area contributed by atoms with Gasteiger partial charge in [-0.25, -0.2) is 4.68 Å². The SMILES string of the molecule is CCn1c(C(=O)NCCN2CCCCC2C)cc2c(-c3cccs3)nn(-c3ccccc3)c21. The van der Waals surface area contributed by atoms with Gasteiger partial charge in [0, 0.05) is 31.1 Å². The van der Waals surface area contributed by atoms with Crippen molar-refractivity contribution < 1.29 is 4.79 Å². The lowest BCUT2D eigenvalue weighted by Crippen LogP contribution is -2.42. The first-order valence-electron chi connectivity index (χ1n) is 11.9. The van der Waals surface area contributed by atoms with Crippen LogP contribution in [0.4, 0.5) is 0 Å². The van der Waals surface area contributed by atoms with E-state index in [1.807, 2.05) is 35.0 Å². The van der Waals surface area contributed by atoms with E-state index < -0.39 is 0 Å². The van der Waals surface area contributed by atoms with Crippen LogP contribution in [0.15, 0.2) is 53.9 Å². The first-order chi connectivity index (χ1) is 16.2. The van der Waals surface area contributed by atoms with Gasteiger partial charge in [-0.05, 0) is 62.9 Å². The van der Waals surface area contributed by atoms with E-state index >= 15 is 0 Å². The van der Waals surface area contributed by atoms with Gasteiger partial charge < -0.3 is 9.88 Å². The molecule has 0 saturated carbocycles. The summed E-state index contributed by atoms with van der Waals surface area (Å²) in [4.78, 5) is 16.9. The fourth-order valence-electron chi connectivity index (χ4n) is 4.89. The van der Waals surface area contributed by atoms with Gasteiger partial charge in [0.1, 0.15) is 17.0 Å². The summed E-state index contributed by atoms with van der Waals surface area (Å²) < 4.78 is 4.06. The molecule has 0 spiro atoms. The number of nitrogens with one attached hydrogen (secondary N) is 1. The molecule has 0 radical (unpaired) electrons. The van der Waals surface area contributed by atoms with E-state index in [0.29, 0.717) is 24.8 Å². The molecule has 1 aliphatic rings. The highest BCUT2D eigenvalue weighted by Crippen LogP contribution is 2.34. The van der Waals surface area contributed by atoms with E-state index in [9.17, 15) is 4.79 Å². The van der Waals surface area contributed by atoms with Crippen molar-refractivity contribution in [1.29, 1.82) is 0 Å². The van der Waals surface area contributed by atoms with E-state index in [-0.39, 0.29) is 5.91 Å². The number of amides is 1. The fraction of sp³-hybridized carbons (Fsp3) is 0.385. The number of para-hydroxylation sites is 1. The molecule has 0 bridgehead atoms. The molecule has 5 rings (SSSR count). The Morgan fingerprint density at radius 2 is 2.03 bits per heavy atom. The maximum absolute atomic E-state index is 13.3. The number of thiophene rings is 1. The van der Waals surface area contributed by atoms with Crippen molar-refractivity contribution in [1.82, 2.24) is 24.6 Å². The summed E-state index contributed by atoms with van der Waals surface area (Å²) in [7, 11) is 0. The monoisotopic (exact) mass is 461 g/mol. The molecule has 1 saturated heterocycles. The molecule has 7 heteroatoms. The highest BCUT2D eigenvalue weighted by Gasteiger charge is 2.24. The van der Waals surface area contributed by atoms with E-state index in [1.54, 1.807) is 11.3 Å². The summed E-state index contributed by atoms with van der Waals surface area (Å²) in [5.41, 5.74) is 3.57. The van der Waals surface area contributed by atoms with Gasteiger partial charge in [-0.1, -0.05) is 30.7 Å². The summed E-state index contributed by atoms with van der Waals surface area (Å²) >= 11 is 1.67. The topological polar surface area (TPSA) is 55.1 Å². The Bertz CT molecular complexity index is 1220. The number of hydrogen-bond acceptors (Lipinski definition) is 4. The van der Waals surface area contributed by atoms with E-state index in [1.165, 1.54) is 19.3 Å². The third-order valence-electron chi connectivity index (χ3n) is 6.65. The maximum atomic E-state index is 13.3. The molecule has 1 atom stereocenters. The van der Waals surface area contributed by atoms with Crippen molar-refractivity contribution in [3.05, 3.63) is 59.6 Å². The highest BCUT2D eigenvalue weighted by molar-refractivity contribution is 7.13. The Labute approximate surface area is 198 Å². The van der Waals surface area contributed by atoms with Crippen LogP contribution in [-0.2, 0) is 6.54 Å². The van der Waals surface area contributed by atoms with Crippen LogP contribution < -0.4 is 5.32 Å². The van der Waals surface area contributed by atoms with Crippen molar-refractivity contribution in [3.8, 4) is 16.3 Å². The summed E-state index contributed by atoms with van der Waals surface area (Å²) in [6.45, 7) is 7.76. The number of benzene rings is 1. The van der Waals surface area contributed by atoms with Gasteiger partial charge in [0.05, 0.1) is 10.6 Å². The molecule has 172 valence electrons. The summed E-state index contributed by atoms with van der Waals surface area (Å²) in [5, 5.41) is 11.2. The standard InChI is InChI=1S/C26H31N5OS/c1-3-30-22(25(32)27-14-16-29-15-8-7-10-19(29)2)18-21-24(23-13-9-17-33-23)28-31(26(21)30)20-11-5-4-6-12-20/h4-6,9,11-13,17-19H,3,7-8,10,14-16H2,1-2H3,(H,27,32). The van der Waals surface area contributed by atoms with Crippen LogP contribution in [0.5, 0.6) is 0 Å². The summed E-state index contributed by atoms with van der Waals surface area (Å²) in [5.74, 6) is -0.0190. The first-order valence-corrected chi connectivity index (χ1v) is 12.8. The second-order valence-corrected chi connectivity index (χ2v) is 9.67. The Balaban J connectivity index is 1.48. The predicted octanol–water partition coefficient (Wildman–Crippen LogP) is 5.18. The van der Waals surface area contributed by atoms with Crippen LogP contribution in [0, 0.1) is 0 Å². The molecule has 1 fully saturated rings. The predicted molar refractivity (Wildman–Crippen MR) is 135 cm³/mol. The van der Waals surface area contributed by atoms with Crippen LogP contribution in [0.3, 0.4) is 0 Å². The number of carbonyl (C=O) groups excluding carboxylic acids is 1. The summed E-state index contributed by atoms with van der Waals surface area (Å²) in [6, 6.07) is 16.9. The fourth-order valence-corrected chi connectivity index (χ4v) is 5.61. The van der Waals surface area contributed by atoms with Gasteiger partial charge in [0.25, 0.3) is 5.91 Å². The lowest BCUT2D eigenvalue weighted by Gasteiger charge is -2.33. The van der Waals surface area contributed by atoms with Gasteiger partial charge in [0.2, 0.25) is 0 Å². The molecular formula is C26H31N5OS. The molecule has 4 heterocycles. The van der Waals surface area contributed by atoms with Crippen LogP contribution in [0.1, 0.15) is 43.6 Å². The van der Waals surface area contributed by atoms with Gasteiger partial charge >= 0.3 is 0 Å². The van der Waals surface area contributed by atoms with Crippen molar-refractivity contribution in [2.45, 2.75) is 45.7 Å². The number of carbonyl (C=O) groups is 1. The Morgan fingerprint density at radius 3 is 2.76 bits per heavy atom. The number of hydrogen-bond donors (Lipinski definition) is 1. The van der Waals surface area contributed by atoms with Crippen molar-refractivity contribution in [2.75, 3.05) is 19.6 Å². The molecule has 4 aromatic rings. The number of likely N-dealkylation sites (tertiary alicyclic amines) is 1. The molecule has 6 nitrogen and oxygen atoms in total. The molecule has 1 N–H and O–H groups in total. The molecule has 1 unspecified atom stereocenters. The van der Waals surface area contributed by atoms with E-state index in [0.717, 1.165) is 40.4 Å². The smallest absolute Gasteiger partial charge is 0.268 e. The second kappa shape index (κ2) is 9.53. The third kappa shape index (κ3) is 4.23. The molecule has 1 aliphatic heterocycles. The van der Waals surface area contributed by atoms with Gasteiger partial charge in [-0.3, -0.25) is 9.69 Å². The number of nitrogens with zero attached hydrogens (tertiary/aromatic N) is 4. The van der Waals surface area contributed by atoms with Crippen molar-refractivity contribution in [3.63, 3.8) is 0 Å². The number of aromatic nitrogens is 3. The number of piperidine rings is 1. The normalized spacial score (nSPS) is 17.0. The quantitative estimate of drug-likeness (QED) is 0.413. The van der Waals surface area contributed by atoms with Crippen LogP contribution >= 0.6 is 11.3 Å². The zero-order chi connectivity index (χ0) is 22.8. The van der Waals surface area contributed by atoms with Crippen LogP contribution in [0.25, 0.3) is 27.3 Å². The Morgan fingerprint density at radius 1 is 1.18 bits per heavy atom. The highest BCUT2D eigenvalue weighted by atomic mass is 32.1. The Hall–Kier alpha value is -2.90. The minimum atomic E-state index is -0.0190. The second-order valence-electron chi connectivity index (χ2n) is 8.72. The molecule has 33 heavy (non-hydrogen) atoms. The molecule has 1 amide bonds. The zero-order valence-corrected chi connectivity index (χ0v) is 20.1. The Kier molecular flexibility index (Phi) is 6.33. The lowest BCUT2D eigenvalue weighted by atomic mass is 10.0. The average molecular weight is 462 g/mol. The van der Waals surface area contributed by atoms with Gasteiger partial charge in [0.15, 0.2) is 0 Å². The lowest BCUT2D eigenvalue weighted by molar-refractivity contribution is 0.0929. The number of rotatable bonds is 7. The maximum Gasteiger partial charge on any atom is 0.268 e. The zero-order valence-electron chi connectivity index (χ0n) is 19.3. The molecular weight excluding hydrogens is 430 g/mol. The van der Waals surface area contributed by atoms with Gasteiger partial charge in [-0.15, -0.1) is 11.3 Å². The van der Waals surface area contributed by atoms with E-state index in [2.05, 4.69) is 52.2 Å². The average Bonchev–Trinajstić information content (AvgIpc) is 3.57. The molecule has 3 aromatic heterocycles. The third-order valence-corrected chi connectivity index (χ3v) is 7.53. The van der Waals surface area contributed by atoms with Gasteiger partial charge in [-0.2, -0.15) is 5.10 Å². The van der Waals surface area contributed by atoms with E-state index in [4.69, 9.17) is 5.10 Å². The van der Waals surface area contributed by atoms with Crippen LogP contribution in [-0.4, -0.2) is 50.8 Å². The van der Waals surface area contributed by atoms with Crippen molar-refractivity contribution >= 4 is 28.3 Å². The minimum Gasteiger partial charge on any atom is -0.349 e. The number of fused-ring (bicyclic) bond motifs is 1. The van der Waals surface area contributed by atoms with Crippen LogP contribution in [0.2, 0.25) is 0 Å².